The predicted molar refractivity (Wildman–Crippen MR) is 75.1 cm³/mol. The van der Waals surface area contributed by atoms with Crippen LogP contribution in [0.5, 0.6) is 0 Å². The minimum absolute atomic E-state index is 0.322. The number of hydrogen-bond donors (Lipinski definition) is 3. The molecule has 100 valence electrons. The van der Waals surface area contributed by atoms with Crippen LogP contribution in [-0.2, 0) is 4.74 Å². The zero-order valence-corrected chi connectivity index (χ0v) is 11.1. The molecule has 2 aromatic heterocycles. The highest BCUT2D eigenvalue weighted by atomic mass is 32.1. The Morgan fingerprint density at radius 2 is 2.32 bits per heavy atom. The fraction of sp³-hybridized carbons (Fsp3) is 0.500. The van der Waals surface area contributed by atoms with E-state index < -0.39 is 0 Å². The fourth-order valence-electron chi connectivity index (χ4n) is 3.00. The molecule has 2 aliphatic heterocycles. The number of thiophene rings is 1. The Morgan fingerprint density at radius 3 is 3.05 bits per heavy atom. The molecule has 0 saturated carbocycles. The second kappa shape index (κ2) is 4.29. The van der Waals surface area contributed by atoms with E-state index in [4.69, 9.17) is 10.6 Å². The number of nitrogen functional groups attached to an aromatic ring is 1. The maximum absolute atomic E-state index is 5.86. The van der Waals surface area contributed by atoms with E-state index in [1.54, 1.807) is 11.3 Å². The molecule has 2 saturated heterocycles. The first-order valence-electron chi connectivity index (χ1n) is 6.47. The number of aromatic nitrogens is 2. The van der Waals surface area contributed by atoms with Crippen molar-refractivity contribution >= 4 is 33.3 Å². The Hall–Kier alpha value is -1.44. The second-order valence-corrected chi connectivity index (χ2v) is 5.93. The largest absolute Gasteiger partial charge is 0.373 e. The third kappa shape index (κ3) is 1.85. The number of hydrogen-bond acceptors (Lipinski definition) is 7. The summed E-state index contributed by atoms with van der Waals surface area (Å²) in [5.74, 6) is 6.72. The van der Waals surface area contributed by atoms with Crippen LogP contribution in [0, 0.1) is 0 Å². The summed E-state index contributed by atoms with van der Waals surface area (Å²) in [5.41, 5.74) is 2.52. The number of ether oxygens (including phenoxy) is 1. The van der Waals surface area contributed by atoms with Gasteiger partial charge >= 0.3 is 0 Å². The van der Waals surface area contributed by atoms with E-state index in [-0.39, 0.29) is 0 Å². The number of nitrogens with one attached hydrogen (secondary N) is 2. The highest BCUT2D eigenvalue weighted by Crippen LogP contribution is 2.37. The summed E-state index contributed by atoms with van der Waals surface area (Å²) in [6.45, 7) is 0. The van der Waals surface area contributed by atoms with Crippen LogP contribution in [0.25, 0.3) is 10.2 Å². The van der Waals surface area contributed by atoms with Gasteiger partial charge < -0.3 is 10.1 Å². The summed E-state index contributed by atoms with van der Waals surface area (Å²) in [6.07, 6.45) is 4.14. The monoisotopic (exact) mass is 277 g/mol. The topological polar surface area (TPSA) is 85.1 Å². The lowest BCUT2D eigenvalue weighted by atomic mass is 9.95. The van der Waals surface area contributed by atoms with Crippen LogP contribution in [0.4, 0.5) is 11.8 Å². The van der Waals surface area contributed by atoms with Crippen molar-refractivity contribution in [1.82, 2.24) is 9.97 Å². The van der Waals surface area contributed by atoms with Gasteiger partial charge in [0.2, 0.25) is 5.95 Å². The first-order valence-corrected chi connectivity index (χ1v) is 7.35. The first-order chi connectivity index (χ1) is 9.33. The zero-order chi connectivity index (χ0) is 12.8. The molecule has 3 unspecified atom stereocenters. The average Bonchev–Trinajstić information content (AvgIpc) is 3.13. The van der Waals surface area contributed by atoms with Crippen molar-refractivity contribution in [2.24, 2.45) is 5.84 Å². The summed E-state index contributed by atoms with van der Waals surface area (Å²) in [5, 5.41) is 6.58. The Balaban J connectivity index is 1.68. The van der Waals surface area contributed by atoms with Gasteiger partial charge in [-0.1, -0.05) is 0 Å². The summed E-state index contributed by atoms with van der Waals surface area (Å²) in [7, 11) is 0. The molecule has 4 heterocycles. The molecular weight excluding hydrogens is 262 g/mol. The van der Waals surface area contributed by atoms with Gasteiger partial charge in [0.1, 0.15) is 10.6 Å². The lowest BCUT2D eigenvalue weighted by Crippen LogP contribution is -2.31. The molecule has 3 atom stereocenters. The molecule has 4 rings (SSSR count). The number of rotatable bonds is 3. The highest BCUT2D eigenvalue weighted by molar-refractivity contribution is 7.16. The van der Waals surface area contributed by atoms with E-state index in [9.17, 15) is 0 Å². The molecule has 0 aromatic carbocycles. The lowest BCUT2D eigenvalue weighted by Gasteiger charge is -2.21. The minimum Gasteiger partial charge on any atom is -0.373 e. The zero-order valence-electron chi connectivity index (χ0n) is 10.3. The molecule has 2 fully saturated rings. The van der Waals surface area contributed by atoms with Crippen LogP contribution < -0.4 is 16.6 Å². The van der Waals surface area contributed by atoms with E-state index >= 15 is 0 Å². The SMILES string of the molecule is NNc1nc(NC2CC3CCC2O3)c2ccsc2n1. The molecule has 19 heavy (non-hydrogen) atoms. The second-order valence-electron chi connectivity index (χ2n) is 5.04. The van der Waals surface area contributed by atoms with Crippen LogP contribution in [0.1, 0.15) is 19.3 Å². The van der Waals surface area contributed by atoms with Crippen molar-refractivity contribution in [3.63, 3.8) is 0 Å². The van der Waals surface area contributed by atoms with Crippen molar-refractivity contribution < 1.29 is 4.74 Å². The van der Waals surface area contributed by atoms with Crippen molar-refractivity contribution in [1.29, 1.82) is 0 Å². The van der Waals surface area contributed by atoms with Crippen molar-refractivity contribution in [3.8, 4) is 0 Å². The molecule has 0 radical (unpaired) electrons. The Labute approximate surface area is 114 Å². The van der Waals surface area contributed by atoms with Crippen LogP contribution >= 0.6 is 11.3 Å². The van der Waals surface area contributed by atoms with E-state index in [0.717, 1.165) is 28.9 Å². The first kappa shape index (κ1) is 11.4. The fourth-order valence-corrected chi connectivity index (χ4v) is 3.76. The van der Waals surface area contributed by atoms with Crippen molar-refractivity contribution in [2.75, 3.05) is 10.7 Å². The van der Waals surface area contributed by atoms with E-state index in [1.165, 1.54) is 6.42 Å². The number of hydrazine groups is 1. The number of nitrogens with two attached hydrogens (primary N) is 1. The molecule has 6 nitrogen and oxygen atoms in total. The molecule has 7 heteroatoms. The van der Waals surface area contributed by atoms with Crippen LogP contribution in [0.2, 0.25) is 0 Å². The van der Waals surface area contributed by atoms with Crippen LogP contribution in [-0.4, -0.2) is 28.2 Å². The molecule has 0 amide bonds. The standard InChI is InChI=1S/C12H15N5OS/c13-17-12-15-10(7-3-4-19-11(7)16-12)14-8-5-6-1-2-9(8)18-6/h3-4,6,8-9H,1-2,5,13H2,(H2,14,15,16,17). The van der Waals surface area contributed by atoms with Gasteiger partial charge in [0, 0.05) is 0 Å². The molecule has 4 N–H and O–H groups in total. The van der Waals surface area contributed by atoms with Crippen LogP contribution in [0.15, 0.2) is 11.4 Å². The number of fused-ring (bicyclic) bond motifs is 3. The molecular formula is C12H15N5OS. The lowest BCUT2D eigenvalue weighted by molar-refractivity contribution is 0.102. The number of nitrogens with zero attached hydrogens (tertiary/aromatic N) is 2. The van der Waals surface area contributed by atoms with Gasteiger partial charge in [0.25, 0.3) is 0 Å². The number of anilines is 2. The van der Waals surface area contributed by atoms with Crippen molar-refractivity contribution in [3.05, 3.63) is 11.4 Å². The van der Waals surface area contributed by atoms with Crippen LogP contribution in [0.3, 0.4) is 0 Å². The summed E-state index contributed by atoms with van der Waals surface area (Å²) < 4.78 is 5.86. The van der Waals surface area contributed by atoms with Gasteiger partial charge in [-0.05, 0) is 30.7 Å². The summed E-state index contributed by atoms with van der Waals surface area (Å²) in [6, 6.07) is 2.39. The maximum atomic E-state index is 5.86. The molecule has 2 aliphatic rings. The van der Waals surface area contributed by atoms with Gasteiger partial charge in [0.05, 0.1) is 23.6 Å². The van der Waals surface area contributed by atoms with Gasteiger partial charge in [-0.2, -0.15) is 4.98 Å². The van der Waals surface area contributed by atoms with E-state index in [0.29, 0.717) is 24.2 Å². The van der Waals surface area contributed by atoms with Gasteiger partial charge in [-0.15, -0.1) is 11.3 Å². The Morgan fingerprint density at radius 1 is 1.37 bits per heavy atom. The van der Waals surface area contributed by atoms with Gasteiger partial charge in [-0.3, -0.25) is 5.43 Å². The quantitative estimate of drug-likeness (QED) is 0.585. The highest BCUT2D eigenvalue weighted by Gasteiger charge is 2.41. The van der Waals surface area contributed by atoms with Gasteiger partial charge in [-0.25, -0.2) is 10.8 Å². The summed E-state index contributed by atoms with van der Waals surface area (Å²) in [4.78, 5) is 9.71. The molecule has 0 aliphatic carbocycles. The average molecular weight is 277 g/mol. The minimum atomic E-state index is 0.322. The third-order valence-corrected chi connectivity index (χ3v) is 4.69. The normalized spacial score (nSPS) is 29.0. The Kier molecular flexibility index (Phi) is 2.57. The molecule has 0 spiro atoms. The van der Waals surface area contributed by atoms with E-state index in [1.807, 2.05) is 11.4 Å². The Bertz CT molecular complexity index is 615. The predicted octanol–water partition coefficient (Wildman–Crippen LogP) is 1.71. The summed E-state index contributed by atoms with van der Waals surface area (Å²) >= 11 is 1.59. The maximum Gasteiger partial charge on any atom is 0.240 e. The van der Waals surface area contributed by atoms with E-state index in [2.05, 4.69) is 20.7 Å². The smallest absolute Gasteiger partial charge is 0.240 e. The molecule has 2 bridgehead atoms. The third-order valence-electron chi connectivity index (χ3n) is 3.88. The van der Waals surface area contributed by atoms with Crippen molar-refractivity contribution in [2.45, 2.75) is 37.5 Å². The molecule has 2 aromatic rings. The van der Waals surface area contributed by atoms with Gasteiger partial charge in [0.15, 0.2) is 0 Å².